The zero-order valence-corrected chi connectivity index (χ0v) is 9.03. The first-order valence-corrected chi connectivity index (χ1v) is 4.96. The van der Waals surface area contributed by atoms with E-state index >= 15 is 0 Å². The number of carbonyl (C=O) groups is 1. The Morgan fingerprint density at radius 3 is 2.87 bits per heavy atom. The van der Waals surface area contributed by atoms with Crippen LogP contribution in [0.1, 0.15) is 18.9 Å². The van der Waals surface area contributed by atoms with Crippen LogP contribution in [0.5, 0.6) is 0 Å². The van der Waals surface area contributed by atoms with Gasteiger partial charge in [-0.15, -0.1) is 0 Å². The molecule has 82 valence electrons. The molecule has 1 rings (SSSR count). The van der Waals surface area contributed by atoms with Crippen molar-refractivity contribution in [2.75, 3.05) is 6.61 Å². The van der Waals surface area contributed by atoms with Crippen LogP contribution < -0.4 is 5.56 Å². The van der Waals surface area contributed by atoms with Gasteiger partial charge in [-0.2, -0.15) is 0 Å². The summed E-state index contributed by atoms with van der Waals surface area (Å²) in [7, 11) is 0. The highest BCUT2D eigenvalue weighted by Gasteiger charge is 2.03. The number of carbonyl (C=O) groups excluding carboxylic acids is 1. The quantitative estimate of drug-likeness (QED) is 0.698. The second kappa shape index (κ2) is 5.34. The van der Waals surface area contributed by atoms with E-state index in [1.807, 2.05) is 6.92 Å². The number of nitrogens with zero attached hydrogens (tertiary/aromatic N) is 1. The zero-order chi connectivity index (χ0) is 11.3. The molecule has 0 aromatic carbocycles. The Labute approximate surface area is 88.5 Å². The summed E-state index contributed by atoms with van der Waals surface area (Å²) >= 11 is 0. The number of aryl methyl sites for hydroxylation is 2. The van der Waals surface area contributed by atoms with Crippen molar-refractivity contribution in [1.82, 2.24) is 4.57 Å². The average Bonchev–Trinajstić information content (AvgIpc) is 2.20. The van der Waals surface area contributed by atoms with Gasteiger partial charge < -0.3 is 9.30 Å². The van der Waals surface area contributed by atoms with E-state index in [1.165, 1.54) is 10.6 Å². The average molecular weight is 209 g/mol. The minimum absolute atomic E-state index is 0.0927. The van der Waals surface area contributed by atoms with E-state index in [-0.39, 0.29) is 17.9 Å². The molecule has 1 aromatic rings. The molecule has 0 fully saturated rings. The van der Waals surface area contributed by atoms with E-state index in [9.17, 15) is 9.59 Å². The molecule has 0 aliphatic rings. The van der Waals surface area contributed by atoms with Crippen molar-refractivity contribution < 1.29 is 9.53 Å². The fraction of sp³-hybridized carbons (Fsp3) is 0.455. The normalized spacial score (nSPS) is 10.0. The summed E-state index contributed by atoms with van der Waals surface area (Å²) in [5.74, 6) is -0.272. The number of ether oxygens (including phenoxy) is 1. The van der Waals surface area contributed by atoms with Crippen molar-refractivity contribution in [3.63, 3.8) is 0 Å². The van der Waals surface area contributed by atoms with Crippen LogP contribution >= 0.6 is 0 Å². The van der Waals surface area contributed by atoms with Gasteiger partial charge in [-0.25, -0.2) is 0 Å². The Bertz CT molecular complexity index is 395. The van der Waals surface area contributed by atoms with Crippen molar-refractivity contribution in [1.29, 1.82) is 0 Å². The Morgan fingerprint density at radius 2 is 2.20 bits per heavy atom. The summed E-state index contributed by atoms with van der Waals surface area (Å²) in [6, 6.07) is 3.25. The number of hydrogen-bond acceptors (Lipinski definition) is 3. The smallest absolute Gasteiger partial charge is 0.307 e. The first-order chi connectivity index (χ1) is 7.13. The number of pyridine rings is 1. The van der Waals surface area contributed by atoms with Gasteiger partial charge in [0.05, 0.1) is 13.0 Å². The summed E-state index contributed by atoms with van der Waals surface area (Å²) in [4.78, 5) is 22.4. The summed E-state index contributed by atoms with van der Waals surface area (Å²) in [5.41, 5.74) is 0.906. The van der Waals surface area contributed by atoms with Crippen LogP contribution in [0, 0.1) is 6.92 Å². The number of rotatable bonds is 4. The fourth-order valence-corrected chi connectivity index (χ4v) is 1.27. The van der Waals surface area contributed by atoms with Gasteiger partial charge in [-0.1, -0.05) is 6.07 Å². The Balaban J connectivity index is 2.61. The van der Waals surface area contributed by atoms with Crippen LogP contribution in [0.25, 0.3) is 0 Å². The number of hydrogen-bond donors (Lipinski definition) is 0. The maximum Gasteiger partial charge on any atom is 0.307 e. The van der Waals surface area contributed by atoms with Crippen LogP contribution in [0.4, 0.5) is 0 Å². The molecule has 15 heavy (non-hydrogen) atoms. The Kier molecular flexibility index (Phi) is 4.09. The lowest BCUT2D eigenvalue weighted by molar-refractivity contribution is -0.143. The molecule has 0 atom stereocenters. The Hall–Kier alpha value is -1.58. The van der Waals surface area contributed by atoms with Crippen LogP contribution in [0.3, 0.4) is 0 Å². The second-order valence-electron chi connectivity index (χ2n) is 3.29. The van der Waals surface area contributed by atoms with E-state index in [4.69, 9.17) is 4.74 Å². The molecule has 0 aliphatic carbocycles. The van der Waals surface area contributed by atoms with Gasteiger partial charge in [0.15, 0.2) is 0 Å². The number of aromatic nitrogens is 1. The molecule has 0 radical (unpaired) electrons. The molecule has 4 heteroatoms. The van der Waals surface area contributed by atoms with E-state index in [2.05, 4.69) is 0 Å². The Morgan fingerprint density at radius 1 is 1.47 bits per heavy atom. The molecule has 0 spiro atoms. The zero-order valence-electron chi connectivity index (χ0n) is 9.03. The lowest BCUT2D eigenvalue weighted by atomic mass is 10.3. The van der Waals surface area contributed by atoms with Gasteiger partial charge in [0, 0.05) is 18.8 Å². The van der Waals surface area contributed by atoms with Gasteiger partial charge >= 0.3 is 5.97 Å². The van der Waals surface area contributed by atoms with Gasteiger partial charge in [-0.3, -0.25) is 9.59 Å². The van der Waals surface area contributed by atoms with Crippen LogP contribution in [-0.2, 0) is 16.1 Å². The largest absolute Gasteiger partial charge is 0.466 e. The molecule has 0 unspecified atom stereocenters. The van der Waals surface area contributed by atoms with E-state index in [0.717, 1.165) is 5.56 Å². The molecule has 4 nitrogen and oxygen atoms in total. The molecule has 1 aromatic heterocycles. The highest BCUT2D eigenvalue weighted by molar-refractivity contribution is 5.69. The highest BCUT2D eigenvalue weighted by atomic mass is 16.5. The second-order valence-corrected chi connectivity index (χ2v) is 3.29. The van der Waals surface area contributed by atoms with E-state index < -0.39 is 0 Å². The summed E-state index contributed by atoms with van der Waals surface area (Å²) < 4.78 is 6.30. The van der Waals surface area contributed by atoms with Crippen molar-refractivity contribution >= 4 is 5.97 Å². The monoisotopic (exact) mass is 209 g/mol. The lowest BCUT2D eigenvalue weighted by Crippen LogP contribution is -2.20. The standard InChI is InChI=1S/C11H15NO3/c1-3-15-11(14)6-7-12-8-9(2)4-5-10(12)13/h4-5,8H,3,6-7H2,1-2H3. The van der Waals surface area contributed by atoms with Crippen LogP contribution in [-0.4, -0.2) is 17.1 Å². The van der Waals surface area contributed by atoms with E-state index in [0.29, 0.717) is 13.2 Å². The predicted octanol–water partition coefficient (Wildman–Crippen LogP) is 1.11. The minimum atomic E-state index is -0.272. The summed E-state index contributed by atoms with van der Waals surface area (Å²) in [5, 5.41) is 0. The predicted molar refractivity (Wildman–Crippen MR) is 56.7 cm³/mol. The molecule has 0 saturated carbocycles. The molecule has 0 N–H and O–H groups in total. The van der Waals surface area contributed by atoms with Crippen molar-refractivity contribution in [3.05, 3.63) is 34.2 Å². The molecular weight excluding hydrogens is 194 g/mol. The highest BCUT2D eigenvalue weighted by Crippen LogP contribution is 1.95. The SMILES string of the molecule is CCOC(=O)CCn1cc(C)ccc1=O. The van der Waals surface area contributed by atoms with Crippen LogP contribution in [0.15, 0.2) is 23.1 Å². The first-order valence-electron chi connectivity index (χ1n) is 4.96. The maximum absolute atomic E-state index is 11.4. The van der Waals surface area contributed by atoms with Crippen molar-refractivity contribution in [2.24, 2.45) is 0 Å². The molecule has 0 amide bonds. The summed E-state index contributed by atoms with van der Waals surface area (Å²) in [6.07, 6.45) is 1.97. The molecule has 0 saturated heterocycles. The first kappa shape index (κ1) is 11.5. The minimum Gasteiger partial charge on any atom is -0.466 e. The van der Waals surface area contributed by atoms with Crippen LogP contribution in [0.2, 0.25) is 0 Å². The maximum atomic E-state index is 11.4. The third-order valence-electron chi connectivity index (χ3n) is 1.99. The molecule has 1 heterocycles. The third-order valence-corrected chi connectivity index (χ3v) is 1.99. The topological polar surface area (TPSA) is 48.3 Å². The third kappa shape index (κ3) is 3.58. The van der Waals surface area contributed by atoms with Gasteiger partial charge in [0.1, 0.15) is 0 Å². The van der Waals surface area contributed by atoms with Crippen molar-refractivity contribution in [3.8, 4) is 0 Å². The fourth-order valence-electron chi connectivity index (χ4n) is 1.27. The molecular formula is C11H15NO3. The summed E-state index contributed by atoms with van der Waals surface area (Å²) in [6.45, 7) is 4.41. The van der Waals surface area contributed by atoms with E-state index in [1.54, 1.807) is 19.2 Å². The molecule has 0 bridgehead atoms. The van der Waals surface area contributed by atoms with Crippen molar-refractivity contribution in [2.45, 2.75) is 26.8 Å². The van der Waals surface area contributed by atoms with Gasteiger partial charge in [0.2, 0.25) is 0 Å². The van der Waals surface area contributed by atoms with Gasteiger partial charge in [0.25, 0.3) is 5.56 Å². The molecule has 0 aliphatic heterocycles. The number of esters is 1. The van der Waals surface area contributed by atoms with Gasteiger partial charge in [-0.05, 0) is 19.4 Å². The lowest BCUT2D eigenvalue weighted by Gasteiger charge is -2.05.